The van der Waals surface area contributed by atoms with Crippen LogP contribution < -0.4 is 16.8 Å². The minimum atomic E-state index is -4.65. The van der Waals surface area contributed by atoms with Crippen molar-refractivity contribution in [3.63, 3.8) is 0 Å². The average molecular weight is 480 g/mol. The van der Waals surface area contributed by atoms with Crippen LogP contribution in [-0.2, 0) is 13.2 Å². The quantitative estimate of drug-likeness (QED) is 0.396. The highest BCUT2D eigenvalue weighted by molar-refractivity contribution is 6.08. The Hall–Kier alpha value is -4.67. The summed E-state index contributed by atoms with van der Waals surface area (Å²) in [4.78, 5) is 29.1. The van der Waals surface area contributed by atoms with E-state index in [-0.39, 0.29) is 39.6 Å². The zero-order valence-electron chi connectivity index (χ0n) is 18.3. The molecule has 0 spiro atoms. The van der Waals surface area contributed by atoms with E-state index < -0.39 is 23.6 Å². The van der Waals surface area contributed by atoms with Gasteiger partial charge in [0.2, 0.25) is 0 Å². The second-order valence-corrected chi connectivity index (χ2v) is 7.63. The molecule has 0 aliphatic heterocycles. The predicted molar refractivity (Wildman–Crippen MR) is 124 cm³/mol. The van der Waals surface area contributed by atoms with Crippen LogP contribution in [0.4, 0.5) is 24.7 Å². The van der Waals surface area contributed by atoms with E-state index in [1.54, 1.807) is 37.4 Å². The van der Waals surface area contributed by atoms with Gasteiger partial charge in [-0.2, -0.15) is 18.3 Å². The van der Waals surface area contributed by atoms with E-state index in [2.05, 4.69) is 15.4 Å². The lowest BCUT2D eigenvalue weighted by Gasteiger charge is -2.15. The number of hydrogen-bond donors (Lipinski definition) is 3. The fourth-order valence-corrected chi connectivity index (χ4v) is 3.53. The van der Waals surface area contributed by atoms with Crippen molar-refractivity contribution < 1.29 is 22.8 Å². The summed E-state index contributed by atoms with van der Waals surface area (Å²) in [5.74, 6) is -1.70. The molecule has 4 aromatic rings. The molecule has 0 unspecified atom stereocenters. The molecule has 178 valence electrons. The molecule has 0 saturated heterocycles. The van der Waals surface area contributed by atoms with E-state index >= 15 is 0 Å². The van der Waals surface area contributed by atoms with Gasteiger partial charge in [0.25, 0.3) is 11.8 Å². The number of pyridine rings is 1. The van der Waals surface area contributed by atoms with Crippen LogP contribution in [-0.4, -0.2) is 26.6 Å². The summed E-state index contributed by atoms with van der Waals surface area (Å²) in [7, 11) is 1.57. The monoisotopic (exact) mass is 480 g/mol. The van der Waals surface area contributed by atoms with Gasteiger partial charge in [-0.05, 0) is 30.3 Å². The zero-order valence-corrected chi connectivity index (χ0v) is 18.3. The predicted octanol–water partition coefficient (Wildman–Crippen LogP) is 4.10. The Balaban J connectivity index is 1.79. The molecule has 0 radical (unpaired) electrons. The van der Waals surface area contributed by atoms with Crippen molar-refractivity contribution >= 4 is 23.3 Å². The molecule has 0 aliphatic rings. The maximum Gasteiger partial charge on any atom is 0.417 e. The molecule has 35 heavy (non-hydrogen) atoms. The Bertz CT molecular complexity index is 1430. The number of carbonyl (C=O) groups is 2. The number of amides is 2. The van der Waals surface area contributed by atoms with Gasteiger partial charge in [-0.25, -0.2) is 4.98 Å². The number of nitrogens with one attached hydrogen (secondary N) is 1. The number of halogens is 3. The van der Waals surface area contributed by atoms with Crippen molar-refractivity contribution in [2.24, 2.45) is 12.8 Å². The average Bonchev–Trinajstić information content (AvgIpc) is 3.25. The van der Waals surface area contributed by atoms with E-state index in [9.17, 15) is 22.8 Å². The Labute approximate surface area is 197 Å². The first-order valence-electron chi connectivity index (χ1n) is 10.2. The summed E-state index contributed by atoms with van der Waals surface area (Å²) < 4.78 is 42.2. The van der Waals surface area contributed by atoms with Gasteiger partial charge in [0.15, 0.2) is 0 Å². The highest BCUT2D eigenvalue weighted by Gasteiger charge is 2.34. The number of aryl methyl sites for hydroxylation is 1. The number of nitrogens with two attached hydrogens (primary N) is 2. The third kappa shape index (κ3) is 4.83. The molecule has 0 aliphatic carbocycles. The number of aromatic nitrogens is 3. The van der Waals surface area contributed by atoms with Crippen molar-refractivity contribution in [2.45, 2.75) is 6.18 Å². The lowest BCUT2D eigenvalue weighted by Crippen LogP contribution is -2.18. The summed E-state index contributed by atoms with van der Waals surface area (Å²) in [6, 6.07) is 14.4. The molecule has 8 nitrogen and oxygen atoms in total. The number of alkyl halides is 3. The largest absolute Gasteiger partial charge is 0.417 e. The molecule has 4 rings (SSSR count). The van der Waals surface area contributed by atoms with Crippen molar-refractivity contribution in [3.8, 4) is 22.5 Å². The number of anilines is 2. The number of benzene rings is 2. The molecule has 11 heteroatoms. The van der Waals surface area contributed by atoms with E-state index in [1.165, 1.54) is 23.0 Å². The van der Waals surface area contributed by atoms with Crippen molar-refractivity contribution in [2.75, 3.05) is 11.1 Å². The highest BCUT2D eigenvalue weighted by atomic mass is 19.4. The Kier molecular flexibility index (Phi) is 6.00. The van der Waals surface area contributed by atoms with E-state index in [4.69, 9.17) is 11.5 Å². The number of rotatable bonds is 5. The molecule has 0 fully saturated rings. The third-order valence-corrected chi connectivity index (χ3v) is 5.19. The first-order valence-corrected chi connectivity index (χ1v) is 10.2. The first-order chi connectivity index (χ1) is 16.5. The minimum absolute atomic E-state index is 0.0598. The molecule has 2 amide bonds. The molecule has 2 aromatic heterocycles. The second-order valence-electron chi connectivity index (χ2n) is 7.63. The van der Waals surface area contributed by atoms with Crippen molar-refractivity contribution in [3.05, 3.63) is 83.6 Å². The fraction of sp³-hybridized carbons (Fsp3) is 0.0833. The number of nitrogens with zero attached hydrogens (tertiary/aromatic N) is 3. The highest BCUT2D eigenvalue weighted by Crippen LogP contribution is 2.37. The van der Waals surface area contributed by atoms with Gasteiger partial charge in [-0.1, -0.05) is 30.3 Å². The molecular formula is C24H19F3N6O2. The summed E-state index contributed by atoms with van der Waals surface area (Å²) in [6.07, 6.45) is -3.15. The summed E-state index contributed by atoms with van der Waals surface area (Å²) in [6.45, 7) is 0. The fourth-order valence-electron chi connectivity index (χ4n) is 3.53. The van der Waals surface area contributed by atoms with Crippen LogP contribution >= 0.6 is 0 Å². The zero-order chi connectivity index (χ0) is 25.3. The smallest absolute Gasteiger partial charge is 0.383 e. The number of primary amides is 1. The van der Waals surface area contributed by atoms with Gasteiger partial charge < -0.3 is 16.8 Å². The Morgan fingerprint density at radius 2 is 1.74 bits per heavy atom. The van der Waals surface area contributed by atoms with E-state index in [0.717, 1.165) is 18.2 Å². The summed E-state index contributed by atoms with van der Waals surface area (Å²) in [5.41, 5.74) is 10.9. The molecule has 2 heterocycles. The second kappa shape index (κ2) is 8.93. The van der Waals surface area contributed by atoms with Crippen LogP contribution in [0.1, 0.15) is 26.3 Å². The van der Waals surface area contributed by atoms with Crippen LogP contribution in [0.2, 0.25) is 0 Å². The van der Waals surface area contributed by atoms with E-state index in [1.807, 2.05) is 0 Å². The number of carbonyl (C=O) groups excluding carboxylic acids is 2. The van der Waals surface area contributed by atoms with Crippen LogP contribution in [0, 0.1) is 0 Å². The van der Waals surface area contributed by atoms with Gasteiger partial charge in [-0.15, -0.1) is 0 Å². The minimum Gasteiger partial charge on any atom is -0.383 e. The molecule has 0 bridgehead atoms. The van der Waals surface area contributed by atoms with Crippen molar-refractivity contribution in [1.29, 1.82) is 0 Å². The number of hydrogen-bond acceptors (Lipinski definition) is 5. The standard InChI is InChI=1S/C24H19F3N6O2/c1-33-10-9-18(32-33)15-11-14(7-8-17(15)24(25,26)27)23(35)30-19-12-16(22(29)34)21(28)31-20(19)13-5-3-2-4-6-13/h2-12H,1H3,(H2,28,31)(H2,29,34)(H,30,35). The molecule has 5 N–H and O–H groups in total. The van der Waals surface area contributed by atoms with Crippen LogP contribution in [0.3, 0.4) is 0 Å². The van der Waals surface area contributed by atoms with Gasteiger partial charge in [-0.3, -0.25) is 14.3 Å². The lowest BCUT2D eigenvalue weighted by atomic mass is 10.00. The normalized spacial score (nSPS) is 11.3. The van der Waals surface area contributed by atoms with Gasteiger partial charge in [0.05, 0.1) is 28.2 Å². The van der Waals surface area contributed by atoms with Gasteiger partial charge in [0.1, 0.15) is 5.82 Å². The molecular weight excluding hydrogens is 461 g/mol. The summed E-state index contributed by atoms with van der Waals surface area (Å²) >= 11 is 0. The Morgan fingerprint density at radius 1 is 1.03 bits per heavy atom. The number of nitrogen functional groups attached to an aromatic ring is 1. The van der Waals surface area contributed by atoms with Crippen LogP contribution in [0.15, 0.2) is 66.9 Å². The lowest BCUT2D eigenvalue weighted by molar-refractivity contribution is -0.137. The van der Waals surface area contributed by atoms with Gasteiger partial charge in [0, 0.05) is 29.9 Å². The first kappa shape index (κ1) is 23.5. The molecule has 0 saturated carbocycles. The van der Waals surface area contributed by atoms with Crippen LogP contribution in [0.5, 0.6) is 0 Å². The van der Waals surface area contributed by atoms with Crippen LogP contribution in [0.25, 0.3) is 22.5 Å². The Morgan fingerprint density at radius 3 is 2.34 bits per heavy atom. The third-order valence-electron chi connectivity index (χ3n) is 5.19. The maximum absolute atomic E-state index is 13.6. The molecule has 2 aromatic carbocycles. The summed E-state index contributed by atoms with van der Waals surface area (Å²) in [5, 5.41) is 6.66. The SMILES string of the molecule is Cn1ccc(-c2cc(C(=O)Nc3cc(C(N)=O)c(N)nc3-c3ccccc3)ccc2C(F)(F)F)n1. The van der Waals surface area contributed by atoms with Gasteiger partial charge >= 0.3 is 6.18 Å². The van der Waals surface area contributed by atoms with Crippen molar-refractivity contribution in [1.82, 2.24) is 14.8 Å². The maximum atomic E-state index is 13.6. The van der Waals surface area contributed by atoms with E-state index in [0.29, 0.717) is 5.56 Å². The molecule has 0 atom stereocenters. The topological polar surface area (TPSA) is 129 Å².